The Kier molecular flexibility index (Phi) is 7.44. The van der Waals surface area contributed by atoms with Crippen LogP contribution in [0.15, 0.2) is 12.1 Å². The maximum absolute atomic E-state index is 11.6. The quantitative estimate of drug-likeness (QED) is 0.773. The van der Waals surface area contributed by atoms with Gasteiger partial charge in [-0.25, -0.2) is 0 Å². The van der Waals surface area contributed by atoms with Gasteiger partial charge >= 0.3 is 0 Å². The molecule has 1 fully saturated rings. The number of carbonyl (C=O) groups excluding carboxylic acids is 1. The summed E-state index contributed by atoms with van der Waals surface area (Å²) in [6.07, 6.45) is 4.24. The van der Waals surface area contributed by atoms with Crippen LogP contribution in [0.2, 0.25) is 0 Å². The lowest BCUT2D eigenvalue weighted by molar-refractivity contribution is -0.130. The van der Waals surface area contributed by atoms with Gasteiger partial charge in [0.2, 0.25) is 5.91 Å². The van der Waals surface area contributed by atoms with Gasteiger partial charge in [0, 0.05) is 38.3 Å². The molecule has 0 bridgehead atoms. The Bertz CT molecular complexity index is 628. The molecule has 26 heavy (non-hydrogen) atoms. The summed E-state index contributed by atoms with van der Waals surface area (Å²) in [7, 11) is 0. The Morgan fingerprint density at radius 2 is 1.81 bits per heavy atom. The molecule has 0 unspecified atom stereocenters. The number of hydrogen-bond donors (Lipinski definition) is 1. The summed E-state index contributed by atoms with van der Waals surface area (Å²) >= 11 is 5.82. The molecule has 1 aliphatic heterocycles. The van der Waals surface area contributed by atoms with E-state index in [-0.39, 0.29) is 5.91 Å². The van der Waals surface area contributed by atoms with Crippen LogP contribution in [0.4, 0.5) is 5.69 Å². The number of unbranched alkanes of at least 4 members (excludes halogenated alkanes) is 1. The molecular weight excluding hydrogens is 342 g/mol. The van der Waals surface area contributed by atoms with Gasteiger partial charge < -0.3 is 15.1 Å². The number of benzene rings is 1. The fraction of sp³-hybridized carbons (Fsp3) is 0.619. The standard InChI is InChI=1S/C21H33N3OS/c1-6-7-10-24(19-8-11-23(12-9-19)18(5)25)21(26)22-20-16(3)13-15(2)14-17(20)4/h13-14,19H,6-12H2,1-5H3,(H,22,26). The third-order valence-electron chi connectivity index (χ3n) is 5.27. The first-order valence-corrected chi connectivity index (χ1v) is 10.1. The molecular formula is C21H33N3OS. The summed E-state index contributed by atoms with van der Waals surface area (Å²) in [5.74, 6) is 0.176. The fourth-order valence-electron chi connectivity index (χ4n) is 3.83. The Morgan fingerprint density at radius 3 is 2.31 bits per heavy atom. The molecule has 5 heteroatoms. The maximum Gasteiger partial charge on any atom is 0.219 e. The van der Waals surface area contributed by atoms with E-state index in [1.807, 2.05) is 4.90 Å². The summed E-state index contributed by atoms with van der Waals surface area (Å²) in [6, 6.07) is 4.79. The molecule has 1 aromatic rings. The van der Waals surface area contributed by atoms with Crippen LogP contribution in [0.25, 0.3) is 0 Å². The second-order valence-corrected chi connectivity index (χ2v) is 7.87. The molecule has 4 nitrogen and oxygen atoms in total. The van der Waals surface area contributed by atoms with Gasteiger partial charge in [-0.2, -0.15) is 0 Å². The van der Waals surface area contributed by atoms with Crippen molar-refractivity contribution in [2.24, 2.45) is 0 Å². The number of piperidine rings is 1. The molecule has 0 radical (unpaired) electrons. The minimum absolute atomic E-state index is 0.176. The van der Waals surface area contributed by atoms with Crippen molar-refractivity contribution >= 4 is 28.9 Å². The van der Waals surface area contributed by atoms with Gasteiger partial charge in [-0.15, -0.1) is 0 Å². The Morgan fingerprint density at radius 1 is 1.23 bits per heavy atom. The molecule has 0 saturated carbocycles. The molecule has 0 spiro atoms. The van der Waals surface area contributed by atoms with E-state index in [9.17, 15) is 4.79 Å². The average Bonchev–Trinajstić information content (AvgIpc) is 2.58. The van der Waals surface area contributed by atoms with Crippen LogP contribution in [0.5, 0.6) is 0 Å². The average molecular weight is 376 g/mol. The number of aryl methyl sites for hydroxylation is 3. The van der Waals surface area contributed by atoms with Crippen molar-refractivity contribution in [1.29, 1.82) is 0 Å². The van der Waals surface area contributed by atoms with Gasteiger partial charge in [-0.1, -0.05) is 31.0 Å². The number of anilines is 1. The summed E-state index contributed by atoms with van der Waals surface area (Å²) in [5, 5.41) is 4.34. The van der Waals surface area contributed by atoms with Gasteiger partial charge in [0.1, 0.15) is 0 Å². The number of amides is 1. The molecule has 0 aliphatic carbocycles. The lowest BCUT2D eigenvalue weighted by Gasteiger charge is -2.40. The van der Waals surface area contributed by atoms with Crippen molar-refractivity contribution in [3.63, 3.8) is 0 Å². The molecule has 0 aromatic heterocycles. The van der Waals surface area contributed by atoms with E-state index in [4.69, 9.17) is 12.2 Å². The number of likely N-dealkylation sites (tertiary alicyclic amines) is 1. The predicted octanol–water partition coefficient (Wildman–Crippen LogP) is 4.42. The van der Waals surface area contributed by atoms with Crippen LogP contribution in [0.1, 0.15) is 56.2 Å². The van der Waals surface area contributed by atoms with Gasteiger partial charge in [-0.3, -0.25) is 4.79 Å². The van der Waals surface area contributed by atoms with Gasteiger partial charge in [-0.05, 0) is 63.4 Å². The monoisotopic (exact) mass is 375 g/mol. The van der Waals surface area contributed by atoms with E-state index < -0.39 is 0 Å². The van der Waals surface area contributed by atoms with Crippen LogP contribution in [-0.4, -0.2) is 46.5 Å². The van der Waals surface area contributed by atoms with Crippen LogP contribution in [-0.2, 0) is 4.79 Å². The zero-order chi connectivity index (χ0) is 19.3. The molecule has 1 aliphatic rings. The highest BCUT2D eigenvalue weighted by Gasteiger charge is 2.27. The minimum Gasteiger partial charge on any atom is -0.346 e. The van der Waals surface area contributed by atoms with Crippen molar-refractivity contribution in [3.05, 3.63) is 28.8 Å². The number of rotatable bonds is 5. The molecule has 1 saturated heterocycles. The van der Waals surface area contributed by atoms with Crippen molar-refractivity contribution in [1.82, 2.24) is 9.80 Å². The van der Waals surface area contributed by atoms with Crippen molar-refractivity contribution < 1.29 is 4.79 Å². The van der Waals surface area contributed by atoms with Gasteiger partial charge in [0.15, 0.2) is 5.11 Å². The summed E-state index contributed by atoms with van der Waals surface area (Å²) in [4.78, 5) is 15.9. The number of carbonyl (C=O) groups is 1. The lowest BCUT2D eigenvalue weighted by Crippen LogP contribution is -2.50. The molecule has 1 aromatic carbocycles. The largest absolute Gasteiger partial charge is 0.346 e. The highest BCUT2D eigenvalue weighted by atomic mass is 32.1. The zero-order valence-corrected chi connectivity index (χ0v) is 17.7. The first-order valence-electron chi connectivity index (χ1n) is 9.74. The van der Waals surface area contributed by atoms with Crippen molar-refractivity contribution in [2.75, 3.05) is 25.0 Å². The van der Waals surface area contributed by atoms with E-state index in [2.05, 4.69) is 50.0 Å². The molecule has 1 N–H and O–H groups in total. The fourth-order valence-corrected chi connectivity index (χ4v) is 4.17. The van der Waals surface area contributed by atoms with Crippen molar-refractivity contribution in [2.45, 2.75) is 66.3 Å². The molecule has 144 valence electrons. The number of nitrogens with zero attached hydrogens (tertiary/aromatic N) is 2. The van der Waals surface area contributed by atoms with E-state index in [0.717, 1.165) is 56.1 Å². The minimum atomic E-state index is 0.176. The molecule has 1 heterocycles. The Labute approximate surface area is 163 Å². The number of nitrogens with one attached hydrogen (secondary N) is 1. The van der Waals surface area contributed by atoms with E-state index in [0.29, 0.717) is 6.04 Å². The highest BCUT2D eigenvalue weighted by Crippen LogP contribution is 2.24. The first kappa shape index (κ1) is 20.7. The second-order valence-electron chi connectivity index (χ2n) is 7.49. The number of hydrogen-bond acceptors (Lipinski definition) is 2. The van der Waals surface area contributed by atoms with E-state index >= 15 is 0 Å². The Balaban J connectivity index is 2.11. The first-order chi connectivity index (χ1) is 12.3. The van der Waals surface area contributed by atoms with E-state index in [1.54, 1.807) is 6.92 Å². The normalized spacial score (nSPS) is 15.0. The van der Waals surface area contributed by atoms with Crippen molar-refractivity contribution in [3.8, 4) is 0 Å². The molecule has 2 rings (SSSR count). The van der Waals surface area contributed by atoms with E-state index in [1.165, 1.54) is 16.7 Å². The predicted molar refractivity (Wildman–Crippen MR) is 114 cm³/mol. The SMILES string of the molecule is CCCCN(C(=S)Nc1c(C)cc(C)cc1C)C1CCN(C(C)=O)CC1. The van der Waals surface area contributed by atoms with Crippen LogP contribution in [0, 0.1) is 20.8 Å². The number of thiocarbonyl (C=S) groups is 1. The summed E-state index contributed by atoms with van der Waals surface area (Å²) in [5.41, 5.74) is 4.86. The third-order valence-corrected chi connectivity index (χ3v) is 5.61. The topological polar surface area (TPSA) is 35.6 Å². The van der Waals surface area contributed by atoms with Crippen LogP contribution >= 0.6 is 12.2 Å². The smallest absolute Gasteiger partial charge is 0.219 e. The van der Waals surface area contributed by atoms with Gasteiger partial charge in [0.25, 0.3) is 0 Å². The lowest BCUT2D eigenvalue weighted by atomic mass is 10.0. The highest BCUT2D eigenvalue weighted by molar-refractivity contribution is 7.80. The summed E-state index contributed by atoms with van der Waals surface area (Å²) < 4.78 is 0. The second kappa shape index (κ2) is 9.36. The molecule has 0 atom stereocenters. The Hall–Kier alpha value is -1.62. The molecule has 1 amide bonds. The summed E-state index contributed by atoms with van der Waals surface area (Å²) in [6.45, 7) is 12.9. The zero-order valence-electron chi connectivity index (χ0n) is 16.9. The van der Waals surface area contributed by atoms with Crippen LogP contribution in [0.3, 0.4) is 0 Å². The maximum atomic E-state index is 11.6. The van der Waals surface area contributed by atoms with Gasteiger partial charge in [0.05, 0.1) is 0 Å². The third kappa shape index (κ3) is 5.19. The van der Waals surface area contributed by atoms with Crippen LogP contribution < -0.4 is 5.32 Å².